The monoisotopic (exact) mass is 303 g/mol. The second-order valence-electron chi connectivity index (χ2n) is 0.448. The maximum Gasteiger partial charge on any atom is 2.00 e. The van der Waals surface area contributed by atoms with Crippen molar-refractivity contribution in [2.45, 2.75) is 0 Å². The quantitative estimate of drug-likeness (QED) is 0.378. The molecule has 1 radical (unpaired) electrons. The summed E-state index contributed by atoms with van der Waals surface area (Å²) in [6, 6.07) is 0. The third-order valence-electron chi connectivity index (χ3n) is 0. The molecule has 0 amide bonds. The van der Waals surface area contributed by atoms with E-state index in [0.29, 0.717) is 0 Å². The van der Waals surface area contributed by atoms with Gasteiger partial charge in [-0.3, -0.25) is 9.11 Å². The maximum atomic E-state index is 8.74. The number of rotatable bonds is 0. The second-order valence-corrected chi connectivity index (χ2v) is 1.34. The second kappa shape index (κ2) is 17.3. The molecule has 0 saturated heterocycles. The van der Waals surface area contributed by atoms with Crippen molar-refractivity contribution >= 4 is 48.1 Å². The van der Waals surface area contributed by atoms with E-state index in [0.717, 1.165) is 0 Å². The van der Waals surface area contributed by atoms with Crippen LogP contribution in [-0.4, -0.2) is 66.2 Å². The first-order chi connectivity index (χ1) is 2.00. The van der Waals surface area contributed by atoms with Gasteiger partial charge in [-0.25, -0.2) is 0 Å². The van der Waals surface area contributed by atoms with E-state index < -0.39 is 10.4 Å². The predicted octanol–water partition coefficient (Wildman–Crippen LogP) is -2.46. The van der Waals surface area contributed by atoms with Gasteiger partial charge in [0.25, 0.3) is 0 Å². The predicted molar refractivity (Wildman–Crippen MR) is 29.4 cm³/mol. The van der Waals surface area contributed by atoms with Crippen LogP contribution in [0.1, 0.15) is 2.85 Å². The first-order valence-corrected chi connectivity index (χ1v) is 2.10. The molecule has 6 nitrogen and oxygen atoms in total. The van der Waals surface area contributed by atoms with E-state index in [9.17, 15) is 0 Å². The average Bonchev–Trinajstić information content (AvgIpc) is 0.722. The Hall–Kier alpha value is 2.19. The summed E-state index contributed by atoms with van der Waals surface area (Å²) in [5, 5.41) is 0. The van der Waals surface area contributed by atoms with E-state index in [2.05, 4.69) is 0 Å². The zero-order valence-electron chi connectivity index (χ0n) is 6.83. The molecule has 0 bridgehead atoms. The molecule has 10 heteroatoms. The Morgan fingerprint density at radius 1 is 1.10 bits per heavy atom. The van der Waals surface area contributed by atoms with E-state index in [1.807, 2.05) is 0 Å². The molecule has 0 saturated carbocycles. The fourth-order valence-electron chi connectivity index (χ4n) is 0. The fraction of sp³-hybridized carbons (Fsp3) is 0. The molecule has 0 aromatic carbocycles. The van der Waals surface area contributed by atoms with Crippen LogP contribution in [0.25, 0.3) is 0 Å². The molecule has 0 aliphatic rings. The van der Waals surface area contributed by atoms with Gasteiger partial charge >= 0.3 is 48.1 Å². The topological polar surface area (TPSA) is 138 Å². The Morgan fingerprint density at radius 3 is 1.10 bits per heavy atom. The smallest absolute Gasteiger partial charge is 1.00 e. The van der Waals surface area contributed by atoms with E-state index in [1.165, 1.54) is 0 Å². The first-order valence-electron chi connectivity index (χ1n) is 0.698. The van der Waals surface area contributed by atoms with Gasteiger partial charge < -0.3 is 13.8 Å². The molecular formula is H8CaCuO6SZn. The standard InChI is InChI=1S/Ca.Cu.H2O4S.2H2O.Zn.2H/c;;1-5(2,3)4;;;;;/h;;(H2,1,2,3,4);2*1H2;;;/q+2;;;;;;2*-1. The summed E-state index contributed by atoms with van der Waals surface area (Å²) in [5.74, 6) is 0. The summed E-state index contributed by atoms with van der Waals surface area (Å²) in [7, 11) is -4.67. The SMILES string of the molecule is O.O.O=S(=O)(O)O.[Ca+2].[Cu].[H-].[H-].[Zn]. The molecule has 0 aliphatic heterocycles. The molecule has 0 atom stereocenters. The summed E-state index contributed by atoms with van der Waals surface area (Å²) in [6.07, 6.45) is 0. The molecule has 0 aliphatic carbocycles. The zero-order valence-corrected chi connectivity index (χ0v) is 11.8. The largest absolute Gasteiger partial charge is 2.00 e. The van der Waals surface area contributed by atoms with Crippen molar-refractivity contribution in [3.8, 4) is 0 Å². The first kappa shape index (κ1) is 39.8. The Labute approximate surface area is 115 Å². The summed E-state index contributed by atoms with van der Waals surface area (Å²) in [5.41, 5.74) is 0. The van der Waals surface area contributed by atoms with Crippen LogP contribution in [0.2, 0.25) is 0 Å². The molecule has 0 fully saturated rings. The van der Waals surface area contributed by atoms with Crippen molar-refractivity contribution in [2.24, 2.45) is 0 Å². The van der Waals surface area contributed by atoms with Crippen LogP contribution in [0, 0.1) is 0 Å². The summed E-state index contributed by atoms with van der Waals surface area (Å²) in [6.45, 7) is 0. The summed E-state index contributed by atoms with van der Waals surface area (Å²) in [4.78, 5) is 0. The molecule has 0 rings (SSSR count). The molecule has 0 aromatic rings. The van der Waals surface area contributed by atoms with Crippen LogP contribution >= 0.6 is 0 Å². The minimum atomic E-state index is -4.67. The minimum Gasteiger partial charge on any atom is -1.00 e. The van der Waals surface area contributed by atoms with Crippen LogP contribution in [0.3, 0.4) is 0 Å². The molecule has 0 aromatic heterocycles. The van der Waals surface area contributed by atoms with E-state index >= 15 is 0 Å². The normalized spacial score (nSPS) is 5.80. The Morgan fingerprint density at radius 2 is 1.10 bits per heavy atom. The third kappa shape index (κ3) is 179. The molecule has 65 valence electrons. The van der Waals surface area contributed by atoms with Crippen LogP contribution < -0.4 is 0 Å². The number of hydrogen-bond donors (Lipinski definition) is 2. The van der Waals surface area contributed by atoms with Crippen molar-refractivity contribution in [2.75, 3.05) is 0 Å². The molecule has 0 spiro atoms. The van der Waals surface area contributed by atoms with Crippen LogP contribution in [0.4, 0.5) is 0 Å². The molecular weight excluding hydrogens is 297 g/mol. The average molecular weight is 305 g/mol. The van der Waals surface area contributed by atoms with Gasteiger partial charge in [0, 0.05) is 36.5 Å². The fourth-order valence-corrected chi connectivity index (χ4v) is 0. The van der Waals surface area contributed by atoms with Crippen molar-refractivity contribution in [3.63, 3.8) is 0 Å². The molecule has 10 heavy (non-hydrogen) atoms. The Kier molecular flexibility index (Phi) is 69.0. The van der Waals surface area contributed by atoms with Crippen molar-refractivity contribution in [1.82, 2.24) is 0 Å². The summed E-state index contributed by atoms with van der Waals surface area (Å²) >= 11 is 0. The third-order valence-corrected chi connectivity index (χ3v) is 0. The number of hydrogen-bond acceptors (Lipinski definition) is 2. The van der Waals surface area contributed by atoms with Crippen LogP contribution in [0.15, 0.2) is 0 Å². The molecule has 0 unspecified atom stereocenters. The zero-order chi connectivity index (χ0) is 4.50. The van der Waals surface area contributed by atoms with Crippen LogP contribution in [0.5, 0.6) is 0 Å². The van der Waals surface area contributed by atoms with E-state index in [1.54, 1.807) is 0 Å². The van der Waals surface area contributed by atoms with Gasteiger partial charge in [-0.15, -0.1) is 0 Å². The van der Waals surface area contributed by atoms with E-state index in [4.69, 9.17) is 17.5 Å². The van der Waals surface area contributed by atoms with Gasteiger partial charge in [-0.05, 0) is 0 Å². The van der Waals surface area contributed by atoms with Gasteiger partial charge in [0.15, 0.2) is 0 Å². The van der Waals surface area contributed by atoms with Gasteiger partial charge in [0.1, 0.15) is 0 Å². The Bertz CT molecular complexity index is 109. The van der Waals surface area contributed by atoms with Crippen molar-refractivity contribution in [3.05, 3.63) is 0 Å². The molecule has 6 N–H and O–H groups in total. The van der Waals surface area contributed by atoms with Crippen molar-refractivity contribution < 1.29 is 67.9 Å². The van der Waals surface area contributed by atoms with E-state index in [-0.39, 0.29) is 88.1 Å². The van der Waals surface area contributed by atoms with Crippen LogP contribution in [-0.2, 0) is 46.9 Å². The van der Waals surface area contributed by atoms with Gasteiger partial charge in [-0.2, -0.15) is 8.42 Å². The summed E-state index contributed by atoms with van der Waals surface area (Å²) < 4.78 is 31.6. The minimum absolute atomic E-state index is 0. The van der Waals surface area contributed by atoms with Crippen molar-refractivity contribution in [1.29, 1.82) is 0 Å². The maximum absolute atomic E-state index is 8.74. The van der Waals surface area contributed by atoms with Gasteiger partial charge in [0.2, 0.25) is 0 Å². The van der Waals surface area contributed by atoms with Gasteiger partial charge in [-0.1, -0.05) is 0 Å². The molecule has 0 heterocycles. The Balaban J connectivity index is -0.00000000381. The van der Waals surface area contributed by atoms with Gasteiger partial charge in [0.05, 0.1) is 0 Å².